The van der Waals surface area contributed by atoms with Crippen LogP contribution >= 0.6 is 11.3 Å². The summed E-state index contributed by atoms with van der Waals surface area (Å²) in [4.78, 5) is 9.50. The molecule has 2 aromatic heterocycles. The molecule has 8 heteroatoms. The fraction of sp³-hybridized carbons (Fsp3) is 0.286. The number of thiophene rings is 1. The molecule has 0 radical (unpaired) electrons. The molecule has 0 bridgehead atoms. The summed E-state index contributed by atoms with van der Waals surface area (Å²) >= 11 is 1.49. The van der Waals surface area contributed by atoms with Crippen molar-refractivity contribution in [3.8, 4) is 22.5 Å². The van der Waals surface area contributed by atoms with Crippen molar-refractivity contribution >= 4 is 32.6 Å². The van der Waals surface area contributed by atoms with E-state index in [1.807, 2.05) is 38.3 Å². The summed E-state index contributed by atoms with van der Waals surface area (Å²) in [7, 11) is -2.49. The number of aliphatic imine (C=N–C) groups is 1. The highest BCUT2D eigenvalue weighted by molar-refractivity contribution is 8.02. The largest absolute Gasteiger partial charge is 0.444 e. The number of benzene rings is 1. The topological polar surface area (TPSA) is 81.5 Å². The van der Waals surface area contributed by atoms with Gasteiger partial charge in [-0.25, -0.2) is 9.37 Å². The van der Waals surface area contributed by atoms with Gasteiger partial charge in [-0.2, -0.15) is 0 Å². The number of rotatable bonds is 3. The lowest BCUT2D eigenvalue weighted by molar-refractivity contribution is 0.543. The average molecular weight is 432 g/mol. The first-order valence-corrected chi connectivity index (χ1v) is 11.8. The molecule has 4 rings (SSSR count). The van der Waals surface area contributed by atoms with E-state index in [1.165, 1.54) is 29.9 Å². The van der Waals surface area contributed by atoms with Gasteiger partial charge in [0.25, 0.3) is 0 Å². The number of hydrogen-bond donors (Lipinski definition) is 1. The van der Waals surface area contributed by atoms with Crippen LogP contribution in [0.3, 0.4) is 0 Å². The van der Waals surface area contributed by atoms with E-state index < -0.39 is 19.8 Å². The summed E-state index contributed by atoms with van der Waals surface area (Å²) in [6, 6.07) is 6.68. The third-order valence-corrected chi connectivity index (χ3v) is 9.79. The van der Waals surface area contributed by atoms with Crippen LogP contribution in [0.4, 0.5) is 4.39 Å². The van der Waals surface area contributed by atoms with Crippen LogP contribution in [0.15, 0.2) is 51.6 Å². The van der Waals surface area contributed by atoms with E-state index in [1.54, 1.807) is 6.20 Å². The van der Waals surface area contributed by atoms with E-state index in [-0.39, 0.29) is 5.82 Å². The van der Waals surface area contributed by atoms with Gasteiger partial charge in [0.2, 0.25) is 0 Å². The Balaban J connectivity index is 1.76. The Kier molecular flexibility index (Phi) is 4.47. The quantitative estimate of drug-likeness (QED) is 0.627. The van der Waals surface area contributed by atoms with Gasteiger partial charge < -0.3 is 10.2 Å². The molecule has 1 aliphatic rings. The second kappa shape index (κ2) is 6.53. The second-order valence-corrected chi connectivity index (χ2v) is 11.9. The maximum Gasteiger partial charge on any atom is 0.181 e. The van der Waals surface area contributed by atoms with Crippen LogP contribution in [0.5, 0.6) is 0 Å². The number of aromatic nitrogens is 1. The van der Waals surface area contributed by atoms with E-state index in [0.717, 1.165) is 10.4 Å². The molecule has 0 aliphatic carbocycles. The molecule has 1 unspecified atom stereocenters. The van der Waals surface area contributed by atoms with Crippen LogP contribution in [0, 0.1) is 5.82 Å². The van der Waals surface area contributed by atoms with Crippen molar-refractivity contribution in [1.29, 1.82) is 0 Å². The van der Waals surface area contributed by atoms with Crippen molar-refractivity contribution < 1.29 is 13.0 Å². The third kappa shape index (κ3) is 3.30. The van der Waals surface area contributed by atoms with Gasteiger partial charge in [0, 0.05) is 16.2 Å². The number of hydrogen-bond acceptors (Lipinski definition) is 6. The Hall–Kier alpha value is -2.45. The smallest absolute Gasteiger partial charge is 0.181 e. The fourth-order valence-electron chi connectivity index (χ4n) is 3.41. The molecule has 2 N–H and O–H groups in total. The molecule has 152 valence electrons. The Bertz CT molecular complexity index is 1210. The lowest BCUT2D eigenvalue weighted by Crippen LogP contribution is -2.54. The standard InChI is InChI=1S/C21H22FN3O2S2/c1-20(2)19(23)25-21(3,11-29(20,4)26)18-8-15(10-28-18)13-5-14(7-16(22)6-13)17-9-24-12-27-17/h5-10,12H,4,11H2,1-3H3,(H2,23,25)/t21-,29?/m0/s1. The lowest BCUT2D eigenvalue weighted by atomic mass is 9.99. The minimum absolute atomic E-state index is 0.306. The first-order chi connectivity index (χ1) is 13.5. The highest BCUT2D eigenvalue weighted by Crippen LogP contribution is 2.41. The van der Waals surface area contributed by atoms with Crippen LogP contribution in [-0.2, 0) is 15.1 Å². The van der Waals surface area contributed by atoms with Gasteiger partial charge in [0.05, 0.1) is 10.9 Å². The first kappa shape index (κ1) is 19.8. The summed E-state index contributed by atoms with van der Waals surface area (Å²) in [6.45, 7) is 5.55. The van der Waals surface area contributed by atoms with Crippen molar-refractivity contribution in [2.24, 2.45) is 10.7 Å². The van der Waals surface area contributed by atoms with Crippen LogP contribution in [0.25, 0.3) is 22.5 Å². The van der Waals surface area contributed by atoms with Crippen molar-refractivity contribution in [1.82, 2.24) is 4.98 Å². The average Bonchev–Trinajstić information content (AvgIpc) is 3.31. The third-order valence-electron chi connectivity index (χ3n) is 5.51. The molecule has 0 amide bonds. The zero-order valence-electron chi connectivity index (χ0n) is 16.4. The predicted molar refractivity (Wildman–Crippen MR) is 118 cm³/mol. The molecule has 1 aromatic carbocycles. The Morgan fingerprint density at radius 3 is 2.59 bits per heavy atom. The number of nitrogens with two attached hydrogens (primary N) is 1. The normalized spacial score (nSPS) is 26.3. The van der Waals surface area contributed by atoms with Crippen molar-refractivity contribution in [3.05, 3.63) is 52.9 Å². The molecule has 2 atom stereocenters. The number of halogens is 1. The summed E-state index contributed by atoms with van der Waals surface area (Å²) in [5.41, 5.74) is 7.62. The first-order valence-electron chi connectivity index (χ1n) is 9.01. The molecule has 3 aromatic rings. The van der Waals surface area contributed by atoms with Crippen LogP contribution in [0.1, 0.15) is 25.6 Å². The highest BCUT2D eigenvalue weighted by Gasteiger charge is 2.45. The Morgan fingerprint density at radius 1 is 1.21 bits per heavy atom. The minimum atomic E-state index is -2.49. The van der Waals surface area contributed by atoms with Crippen LogP contribution in [0.2, 0.25) is 0 Å². The molecule has 0 fully saturated rings. The zero-order chi connectivity index (χ0) is 21.0. The predicted octanol–water partition coefficient (Wildman–Crippen LogP) is 4.29. The zero-order valence-corrected chi connectivity index (χ0v) is 18.1. The van der Waals surface area contributed by atoms with Crippen LogP contribution < -0.4 is 5.73 Å². The molecule has 1 aliphatic heterocycles. The van der Waals surface area contributed by atoms with Gasteiger partial charge >= 0.3 is 0 Å². The molecular weight excluding hydrogens is 409 g/mol. The summed E-state index contributed by atoms with van der Waals surface area (Å²) < 4.78 is 32.0. The van der Waals surface area contributed by atoms with E-state index in [0.29, 0.717) is 28.5 Å². The molecular formula is C21H22FN3O2S2. The van der Waals surface area contributed by atoms with Gasteiger partial charge in [-0.1, -0.05) is 0 Å². The molecule has 3 heterocycles. The van der Waals surface area contributed by atoms with Gasteiger partial charge in [0.15, 0.2) is 12.2 Å². The molecule has 29 heavy (non-hydrogen) atoms. The van der Waals surface area contributed by atoms with Crippen LogP contribution in [-0.4, -0.2) is 31.4 Å². The molecule has 5 nitrogen and oxygen atoms in total. The van der Waals surface area contributed by atoms with Gasteiger partial charge in [-0.3, -0.25) is 9.20 Å². The number of nitrogens with zero attached hydrogens (tertiary/aromatic N) is 2. The molecule has 0 saturated heterocycles. The fourth-order valence-corrected chi connectivity index (χ4v) is 6.44. The monoisotopic (exact) mass is 431 g/mol. The van der Waals surface area contributed by atoms with Crippen molar-refractivity contribution in [2.45, 2.75) is 31.1 Å². The van der Waals surface area contributed by atoms with Gasteiger partial charge in [-0.05, 0) is 76.9 Å². The van der Waals surface area contributed by atoms with Gasteiger partial charge in [0.1, 0.15) is 17.2 Å². The van der Waals surface area contributed by atoms with Gasteiger partial charge in [-0.15, -0.1) is 11.3 Å². The Labute approximate surface area is 173 Å². The Morgan fingerprint density at radius 2 is 1.93 bits per heavy atom. The molecule has 0 saturated carbocycles. The molecule has 0 spiro atoms. The highest BCUT2D eigenvalue weighted by atomic mass is 32.2. The lowest BCUT2D eigenvalue weighted by Gasteiger charge is -2.40. The SMILES string of the molecule is C=S1(=O)C[C@@](C)(c2cc(-c3cc(F)cc(-c4cnco4)c3)cs2)N=C(N)C1(C)C. The van der Waals surface area contributed by atoms with E-state index >= 15 is 0 Å². The van der Waals surface area contributed by atoms with E-state index in [9.17, 15) is 8.60 Å². The van der Waals surface area contributed by atoms with E-state index in [2.05, 4.69) is 10.9 Å². The van der Waals surface area contributed by atoms with Crippen molar-refractivity contribution in [3.63, 3.8) is 0 Å². The van der Waals surface area contributed by atoms with E-state index in [4.69, 9.17) is 15.1 Å². The van der Waals surface area contributed by atoms with Crippen molar-refractivity contribution in [2.75, 3.05) is 5.75 Å². The maximum absolute atomic E-state index is 14.2. The number of amidine groups is 1. The minimum Gasteiger partial charge on any atom is -0.444 e. The number of oxazole rings is 1. The summed E-state index contributed by atoms with van der Waals surface area (Å²) in [5.74, 6) is 4.76. The summed E-state index contributed by atoms with van der Waals surface area (Å²) in [5, 5.41) is 1.94. The maximum atomic E-state index is 14.2. The summed E-state index contributed by atoms with van der Waals surface area (Å²) in [6.07, 6.45) is 2.86. The second-order valence-electron chi connectivity index (χ2n) is 8.03.